The maximum atomic E-state index is 13.5. The van der Waals surface area contributed by atoms with E-state index in [-0.39, 0.29) is 12.5 Å². The van der Waals surface area contributed by atoms with Gasteiger partial charge in [0.05, 0.1) is 11.5 Å². The zero-order valence-corrected chi connectivity index (χ0v) is 10.3. The van der Waals surface area contributed by atoms with Gasteiger partial charge in [0.15, 0.2) is 0 Å². The lowest BCUT2D eigenvalue weighted by Crippen LogP contribution is -2.32. The van der Waals surface area contributed by atoms with E-state index in [1.807, 2.05) is 4.90 Å². The predicted molar refractivity (Wildman–Crippen MR) is 66.0 cm³/mol. The summed E-state index contributed by atoms with van der Waals surface area (Å²) in [6, 6.07) is 3.83. The van der Waals surface area contributed by atoms with Gasteiger partial charge in [-0.15, -0.1) is 0 Å². The van der Waals surface area contributed by atoms with Crippen molar-refractivity contribution >= 4 is 11.6 Å². The molecule has 0 radical (unpaired) electrons. The topological polar surface area (TPSA) is 75.5 Å². The summed E-state index contributed by atoms with van der Waals surface area (Å²) in [6.45, 7) is 2.04. The van der Waals surface area contributed by atoms with Crippen molar-refractivity contribution in [2.24, 2.45) is 0 Å². The van der Waals surface area contributed by atoms with Gasteiger partial charge in [0, 0.05) is 25.7 Å². The van der Waals surface area contributed by atoms with Crippen LogP contribution in [-0.4, -0.2) is 35.4 Å². The second-order valence-electron chi connectivity index (χ2n) is 4.46. The summed E-state index contributed by atoms with van der Waals surface area (Å²) >= 11 is 0. The summed E-state index contributed by atoms with van der Waals surface area (Å²) in [5.41, 5.74) is 0.0927. The third-order valence-electron chi connectivity index (χ3n) is 2.96. The fourth-order valence-corrected chi connectivity index (χ4v) is 2.06. The molecule has 1 aliphatic heterocycles. The van der Waals surface area contributed by atoms with E-state index in [9.17, 15) is 19.3 Å². The van der Waals surface area contributed by atoms with Gasteiger partial charge in [-0.25, -0.2) is 0 Å². The minimum Gasteiger partial charge on any atom is -0.355 e. The van der Waals surface area contributed by atoms with Crippen LogP contribution in [0, 0.1) is 15.9 Å². The summed E-state index contributed by atoms with van der Waals surface area (Å²) in [5.74, 6) is -0.901. The molecule has 1 heterocycles. The number of rotatable bonds is 3. The lowest BCUT2D eigenvalue weighted by molar-refractivity contribution is -0.387. The van der Waals surface area contributed by atoms with Crippen LogP contribution < -0.4 is 5.32 Å². The molecule has 1 saturated heterocycles. The average molecular weight is 267 g/mol. The van der Waals surface area contributed by atoms with Crippen molar-refractivity contribution in [3.63, 3.8) is 0 Å². The number of carbonyl (C=O) groups is 1. The van der Waals surface area contributed by atoms with Gasteiger partial charge in [-0.1, -0.05) is 6.07 Å². The van der Waals surface area contributed by atoms with Crippen LogP contribution in [0.4, 0.5) is 10.1 Å². The van der Waals surface area contributed by atoms with Crippen LogP contribution in [0.2, 0.25) is 0 Å². The average Bonchev–Trinajstić information content (AvgIpc) is 2.53. The van der Waals surface area contributed by atoms with Crippen LogP contribution in [0.5, 0.6) is 0 Å². The molecule has 1 N–H and O–H groups in total. The maximum Gasteiger partial charge on any atom is 0.304 e. The number of benzene rings is 1. The molecule has 0 bridgehead atoms. The Bertz CT molecular complexity index is 507. The Morgan fingerprint density at radius 3 is 2.95 bits per heavy atom. The van der Waals surface area contributed by atoms with Gasteiger partial charge in [-0.05, 0) is 18.1 Å². The number of hydrogen-bond donors (Lipinski definition) is 1. The molecule has 19 heavy (non-hydrogen) atoms. The quantitative estimate of drug-likeness (QED) is 0.656. The Hall–Kier alpha value is -2.02. The van der Waals surface area contributed by atoms with Crippen LogP contribution in [0.25, 0.3) is 0 Å². The number of hydrogen-bond acceptors (Lipinski definition) is 4. The first-order valence-corrected chi connectivity index (χ1v) is 5.98. The molecular formula is C12H14FN3O3. The lowest BCUT2D eigenvalue weighted by atomic mass is 10.2. The van der Waals surface area contributed by atoms with E-state index < -0.39 is 16.4 Å². The molecule has 102 valence electrons. The molecule has 0 aliphatic carbocycles. The third-order valence-corrected chi connectivity index (χ3v) is 2.96. The fourth-order valence-electron chi connectivity index (χ4n) is 2.06. The van der Waals surface area contributed by atoms with Crippen molar-refractivity contribution in [1.82, 2.24) is 10.2 Å². The van der Waals surface area contributed by atoms with Crippen LogP contribution in [0.3, 0.4) is 0 Å². The van der Waals surface area contributed by atoms with Crippen LogP contribution >= 0.6 is 0 Å². The second-order valence-corrected chi connectivity index (χ2v) is 4.46. The molecule has 1 fully saturated rings. The molecule has 1 aromatic carbocycles. The minimum atomic E-state index is -0.846. The highest BCUT2D eigenvalue weighted by molar-refractivity contribution is 5.78. The highest BCUT2D eigenvalue weighted by Crippen LogP contribution is 2.19. The van der Waals surface area contributed by atoms with Crippen molar-refractivity contribution in [2.75, 3.05) is 19.6 Å². The maximum absolute atomic E-state index is 13.5. The van der Waals surface area contributed by atoms with Gasteiger partial charge >= 0.3 is 5.69 Å². The van der Waals surface area contributed by atoms with Crippen molar-refractivity contribution in [1.29, 1.82) is 0 Å². The first kappa shape index (κ1) is 13.4. The standard InChI is InChI=1S/C12H14FN3O3/c13-10-6-9(2-3-11(10)16(18)19)7-15-5-1-4-14-12(17)8-15/h2-3,6H,1,4-5,7-8H2,(H,14,17). The van der Waals surface area contributed by atoms with E-state index in [1.165, 1.54) is 6.07 Å². The largest absolute Gasteiger partial charge is 0.355 e. The van der Waals surface area contributed by atoms with E-state index in [0.717, 1.165) is 25.1 Å². The molecule has 1 aliphatic rings. The van der Waals surface area contributed by atoms with Gasteiger partial charge < -0.3 is 5.32 Å². The summed E-state index contributed by atoms with van der Waals surface area (Å²) in [5, 5.41) is 13.3. The normalized spacial score (nSPS) is 16.8. The summed E-state index contributed by atoms with van der Waals surface area (Å²) in [6.07, 6.45) is 0.835. The van der Waals surface area contributed by atoms with Crippen LogP contribution in [0.15, 0.2) is 18.2 Å². The molecule has 7 heteroatoms. The summed E-state index contributed by atoms with van der Waals surface area (Å²) in [4.78, 5) is 23.0. The lowest BCUT2D eigenvalue weighted by Gasteiger charge is -2.18. The molecule has 0 aromatic heterocycles. The number of nitro groups is 1. The fraction of sp³-hybridized carbons (Fsp3) is 0.417. The van der Waals surface area contributed by atoms with E-state index in [4.69, 9.17) is 0 Å². The Kier molecular flexibility index (Phi) is 4.06. The molecule has 0 unspecified atom stereocenters. The molecule has 6 nitrogen and oxygen atoms in total. The number of nitro benzene ring substituents is 1. The number of halogens is 1. The molecule has 1 amide bonds. The number of nitrogens with zero attached hydrogens (tertiary/aromatic N) is 2. The molecular weight excluding hydrogens is 253 g/mol. The summed E-state index contributed by atoms with van der Waals surface area (Å²) in [7, 11) is 0. The zero-order valence-electron chi connectivity index (χ0n) is 10.3. The number of carbonyl (C=O) groups excluding carboxylic acids is 1. The van der Waals surface area contributed by atoms with E-state index in [0.29, 0.717) is 18.7 Å². The molecule has 0 atom stereocenters. The van der Waals surface area contributed by atoms with Gasteiger partial charge in [-0.3, -0.25) is 19.8 Å². The monoisotopic (exact) mass is 267 g/mol. The van der Waals surface area contributed by atoms with Crippen molar-refractivity contribution in [2.45, 2.75) is 13.0 Å². The first-order chi connectivity index (χ1) is 9.06. The second kappa shape index (κ2) is 5.75. The molecule has 2 rings (SSSR count). The third kappa shape index (κ3) is 3.47. The van der Waals surface area contributed by atoms with Crippen molar-refractivity contribution in [3.8, 4) is 0 Å². The van der Waals surface area contributed by atoms with Crippen molar-refractivity contribution in [3.05, 3.63) is 39.7 Å². The molecule has 1 aromatic rings. The van der Waals surface area contributed by atoms with Gasteiger partial charge in [0.1, 0.15) is 0 Å². The molecule has 0 spiro atoms. The minimum absolute atomic E-state index is 0.0557. The Balaban J connectivity index is 2.08. The number of amides is 1. The number of nitrogens with one attached hydrogen (secondary N) is 1. The predicted octanol–water partition coefficient (Wildman–Crippen LogP) is 1.06. The highest BCUT2D eigenvalue weighted by Gasteiger charge is 2.17. The Morgan fingerprint density at radius 2 is 2.26 bits per heavy atom. The van der Waals surface area contributed by atoms with Gasteiger partial charge in [0.25, 0.3) is 0 Å². The smallest absolute Gasteiger partial charge is 0.304 e. The van der Waals surface area contributed by atoms with Crippen LogP contribution in [-0.2, 0) is 11.3 Å². The van der Waals surface area contributed by atoms with E-state index >= 15 is 0 Å². The zero-order chi connectivity index (χ0) is 13.8. The first-order valence-electron chi connectivity index (χ1n) is 5.98. The van der Waals surface area contributed by atoms with Gasteiger partial charge in [-0.2, -0.15) is 4.39 Å². The van der Waals surface area contributed by atoms with Gasteiger partial charge in [0.2, 0.25) is 11.7 Å². The summed E-state index contributed by atoms with van der Waals surface area (Å²) < 4.78 is 13.5. The van der Waals surface area contributed by atoms with E-state index in [1.54, 1.807) is 0 Å². The van der Waals surface area contributed by atoms with Crippen LogP contribution in [0.1, 0.15) is 12.0 Å². The SMILES string of the molecule is O=C1CN(Cc2ccc([N+](=O)[O-])c(F)c2)CCCN1. The van der Waals surface area contributed by atoms with Crippen molar-refractivity contribution < 1.29 is 14.1 Å². The Labute approximate surface area is 109 Å². The Morgan fingerprint density at radius 1 is 1.47 bits per heavy atom. The highest BCUT2D eigenvalue weighted by atomic mass is 19.1. The molecule has 0 saturated carbocycles. The van der Waals surface area contributed by atoms with E-state index in [2.05, 4.69) is 5.32 Å².